The molecule has 0 heterocycles. The average molecular weight is 254 g/mol. The third-order valence-corrected chi connectivity index (χ3v) is 3.20. The number of hydrogen-bond donors (Lipinski definition) is 1. The number of benzene rings is 2. The summed E-state index contributed by atoms with van der Waals surface area (Å²) < 4.78 is 0. The Hall–Kier alpha value is -1.47. The van der Waals surface area contributed by atoms with Crippen molar-refractivity contribution in [2.45, 2.75) is 12.8 Å². The predicted molar refractivity (Wildman–Crippen MR) is 83.1 cm³/mol. The zero-order valence-electron chi connectivity index (χ0n) is 10.4. The molecule has 0 aliphatic rings. The maximum Gasteiger partial charge on any atom is -0.00950 e. The van der Waals surface area contributed by atoms with Gasteiger partial charge in [0.15, 0.2) is 0 Å². The number of hydrogen-bond acceptors (Lipinski definition) is 1. The molecule has 0 amide bonds. The van der Waals surface area contributed by atoms with Crippen LogP contribution in [0.15, 0.2) is 66.7 Å². The van der Waals surface area contributed by atoms with Gasteiger partial charge >= 0.3 is 0 Å². The minimum atomic E-state index is 0.938. The quantitative estimate of drug-likeness (QED) is 0.573. The van der Waals surface area contributed by atoms with Gasteiger partial charge in [-0.25, -0.2) is 0 Å². The van der Waals surface area contributed by atoms with Crippen LogP contribution in [0.5, 0.6) is 0 Å². The van der Waals surface area contributed by atoms with Crippen LogP contribution in [0.2, 0.25) is 0 Å². The van der Waals surface area contributed by atoms with Gasteiger partial charge in [-0.15, -0.1) is 0 Å². The third kappa shape index (κ3) is 3.51. The van der Waals surface area contributed by atoms with Gasteiger partial charge in [-0.2, -0.15) is 12.6 Å². The molecular weight excluding hydrogens is 236 g/mol. The molecule has 0 unspecified atom stereocenters. The fourth-order valence-electron chi connectivity index (χ4n) is 1.98. The molecule has 0 atom stereocenters. The van der Waals surface area contributed by atoms with Crippen molar-refractivity contribution in [3.05, 3.63) is 77.9 Å². The Morgan fingerprint density at radius 1 is 0.833 bits per heavy atom. The molecule has 0 radical (unpaired) electrons. The molecule has 2 aromatic carbocycles. The van der Waals surface area contributed by atoms with E-state index in [9.17, 15) is 0 Å². The minimum absolute atomic E-state index is 0.938. The van der Waals surface area contributed by atoms with E-state index in [2.05, 4.69) is 79.4 Å². The lowest BCUT2D eigenvalue weighted by Gasteiger charge is -2.08. The Labute approximate surface area is 115 Å². The van der Waals surface area contributed by atoms with Crippen LogP contribution >= 0.6 is 12.6 Å². The first-order valence-electron chi connectivity index (χ1n) is 6.33. The van der Waals surface area contributed by atoms with Crippen LogP contribution in [0, 0.1) is 0 Å². The van der Waals surface area contributed by atoms with Crippen molar-refractivity contribution in [3.8, 4) is 0 Å². The van der Waals surface area contributed by atoms with Crippen molar-refractivity contribution in [1.82, 2.24) is 0 Å². The number of thiol groups is 1. The van der Waals surface area contributed by atoms with Crippen molar-refractivity contribution < 1.29 is 0 Å². The molecule has 1 heteroatoms. The van der Waals surface area contributed by atoms with Gasteiger partial charge in [-0.1, -0.05) is 66.7 Å². The molecule has 0 aliphatic carbocycles. The zero-order chi connectivity index (χ0) is 12.6. The van der Waals surface area contributed by atoms with Crippen LogP contribution in [-0.4, -0.2) is 5.75 Å². The second-order valence-electron chi connectivity index (χ2n) is 4.22. The summed E-state index contributed by atoms with van der Waals surface area (Å²) in [6, 6.07) is 21.1. The van der Waals surface area contributed by atoms with E-state index in [-0.39, 0.29) is 0 Å². The van der Waals surface area contributed by atoms with Crippen LogP contribution in [-0.2, 0) is 0 Å². The molecule has 0 saturated heterocycles. The van der Waals surface area contributed by atoms with E-state index in [4.69, 9.17) is 0 Å². The van der Waals surface area contributed by atoms with Crippen LogP contribution in [0.3, 0.4) is 0 Å². The summed E-state index contributed by atoms with van der Waals surface area (Å²) in [7, 11) is 0. The Balaban J connectivity index is 2.33. The standard InChI is InChI=1S/C17H18S/c18-14-8-7-13-17(15-9-3-1-4-10-15)16-11-5-2-6-12-16/h1-6,9-13,18H,7-8,14H2. The third-order valence-electron chi connectivity index (χ3n) is 2.88. The van der Waals surface area contributed by atoms with Crippen molar-refractivity contribution in [2.75, 3.05) is 5.75 Å². The molecule has 2 rings (SSSR count). The van der Waals surface area contributed by atoms with E-state index in [1.165, 1.54) is 16.7 Å². The summed E-state index contributed by atoms with van der Waals surface area (Å²) in [6.45, 7) is 0. The number of allylic oxidation sites excluding steroid dienone is 1. The molecule has 0 nitrogen and oxygen atoms in total. The van der Waals surface area contributed by atoms with E-state index in [0.717, 1.165) is 18.6 Å². The molecule has 0 N–H and O–H groups in total. The van der Waals surface area contributed by atoms with Gasteiger partial charge in [0.2, 0.25) is 0 Å². The van der Waals surface area contributed by atoms with Gasteiger partial charge < -0.3 is 0 Å². The largest absolute Gasteiger partial charge is 0.179 e. The molecule has 0 fully saturated rings. The molecule has 0 aromatic heterocycles. The fraction of sp³-hybridized carbons (Fsp3) is 0.176. The smallest absolute Gasteiger partial charge is 0.00950 e. The Kier molecular flexibility index (Phi) is 5.10. The monoisotopic (exact) mass is 254 g/mol. The van der Waals surface area contributed by atoms with E-state index in [1.807, 2.05) is 0 Å². The minimum Gasteiger partial charge on any atom is -0.179 e. The fourth-order valence-corrected chi connectivity index (χ4v) is 2.16. The highest BCUT2D eigenvalue weighted by Gasteiger charge is 2.03. The topological polar surface area (TPSA) is 0 Å². The lowest BCUT2D eigenvalue weighted by atomic mass is 9.97. The van der Waals surface area contributed by atoms with E-state index < -0.39 is 0 Å². The molecule has 0 saturated carbocycles. The summed E-state index contributed by atoms with van der Waals surface area (Å²) in [5.41, 5.74) is 3.88. The van der Waals surface area contributed by atoms with Crippen molar-refractivity contribution in [3.63, 3.8) is 0 Å². The highest BCUT2D eigenvalue weighted by Crippen LogP contribution is 2.23. The summed E-state index contributed by atoms with van der Waals surface area (Å²) in [4.78, 5) is 0. The average Bonchev–Trinajstić information content (AvgIpc) is 2.46. The highest BCUT2D eigenvalue weighted by atomic mass is 32.1. The highest BCUT2D eigenvalue weighted by molar-refractivity contribution is 7.80. The molecule has 92 valence electrons. The summed E-state index contributed by atoms with van der Waals surface area (Å²) >= 11 is 4.27. The SMILES string of the molecule is SCCCC=C(c1ccccc1)c1ccccc1. The molecule has 2 aromatic rings. The van der Waals surface area contributed by atoms with Gasteiger partial charge in [0.05, 0.1) is 0 Å². The Bertz CT molecular complexity index is 444. The summed E-state index contributed by atoms with van der Waals surface area (Å²) in [5.74, 6) is 0.938. The van der Waals surface area contributed by atoms with E-state index >= 15 is 0 Å². The Morgan fingerprint density at radius 2 is 1.33 bits per heavy atom. The van der Waals surface area contributed by atoms with Crippen molar-refractivity contribution in [1.29, 1.82) is 0 Å². The number of rotatable bonds is 5. The van der Waals surface area contributed by atoms with Crippen LogP contribution in [0.4, 0.5) is 0 Å². The van der Waals surface area contributed by atoms with Crippen LogP contribution in [0.25, 0.3) is 5.57 Å². The summed E-state index contributed by atoms with van der Waals surface area (Å²) in [6.07, 6.45) is 4.51. The molecule has 0 spiro atoms. The second kappa shape index (κ2) is 7.07. The molecular formula is C17H18S. The lowest BCUT2D eigenvalue weighted by Crippen LogP contribution is -1.88. The maximum atomic E-state index is 4.27. The van der Waals surface area contributed by atoms with Crippen molar-refractivity contribution in [2.24, 2.45) is 0 Å². The predicted octanol–water partition coefficient (Wildman–Crippen LogP) is 4.83. The van der Waals surface area contributed by atoms with E-state index in [0.29, 0.717) is 0 Å². The zero-order valence-corrected chi connectivity index (χ0v) is 11.3. The van der Waals surface area contributed by atoms with Crippen LogP contribution in [0.1, 0.15) is 24.0 Å². The second-order valence-corrected chi connectivity index (χ2v) is 4.66. The number of unbranched alkanes of at least 4 members (excludes halogenated alkanes) is 1. The molecule has 0 aliphatic heterocycles. The van der Waals surface area contributed by atoms with Gasteiger partial charge in [-0.05, 0) is 35.3 Å². The van der Waals surface area contributed by atoms with Crippen molar-refractivity contribution >= 4 is 18.2 Å². The first-order valence-corrected chi connectivity index (χ1v) is 6.97. The first-order chi connectivity index (χ1) is 8.92. The van der Waals surface area contributed by atoms with Gasteiger partial charge in [0, 0.05) is 0 Å². The van der Waals surface area contributed by atoms with E-state index in [1.54, 1.807) is 0 Å². The molecule has 0 bridgehead atoms. The van der Waals surface area contributed by atoms with Gasteiger partial charge in [-0.3, -0.25) is 0 Å². The van der Waals surface area contributed by atoms with Gasteiger partial charge in [0.1, 0.15) is 0 Å². The van der Waals surface area contributed by atoms with Gasteiger partial charge in [0.25, 0.3) is 0 Å². The molecule has 18 heavy (non-hydrogen) atoms. The maximum absolute atomic E-state index is 4.27. The Morgan fingerprint density at radius 3 is 1.78 bits per heavy atom. The normalized spacial score (nSPS) is 10.1. The first kappa shape index (κ1) is 13.0. The lowest BCUT2D eigenvalue weighted by molar-refractivity contribution is 0.976. The van der Waals surface area contributed by atoms with Crippen LogP contribution < -0.4 is 0 Å². The summed E-state index contributed by atoms with van der Waals surface area (Å²) in [5, 5.41) is 0.